The Kier molecular flexibility index (Phi) is 5.25. The molecule has 0 spiro atoms. The Bertz CT molecular complexity index is 393. The first-order valence-corrected chi connectivity index (χ1v) is 6.28. The monoisotopic (exact) mass is 256 g/mol. The Labute approximate surface area is 108 Å². The van der Waals surface area contributed by atoms with Gasteiger partial charge in [-0.15, -0.1) is 0 Å². The molecular weight excluding hydrogens is 236 g/mol. The van der Waals surface area contributed by atoms with E-state index in [-0.39, 0.29) is 6.04 Å². The van der Waals surface area contributed by atoms with Crippen LogP contribution in [0.3, 0.4) is 0 Å². The highest BCUT2D eigenvalue weighted by Gasteiger charge is 2.16. The highest BCUT2D eigenvalue weighted by atomic mass is 35.5. The predicted molar refractivity (Wildman–Crippen MR) is 72.7 cm³/mol. The predicted octanol–water partition coefficient (Wildman–Crippen LogP) is 2.70. The van der Waals surface area contributed by atoms with Crippen LogP contribution in [0.5, 0.6) is 5.75 Å². The van der Waals surface area contributed by atoms with E-state index in [2.05, 4.69) is 6.92 Å². The zero-order chi connectivity index (χ0) is 13.0. The third-order valence-corrected chi connectivity index (χ3v) is 3.25. The summed E-state index contributed by atoms with van der Waals surface area (Å²) in [5.74, 6) is 0.763. The van der Waals surface area contributed by atoms with Gasteiger partial charge < -0.3 is 16.2 Å². The standard InChI is InChI=1S/C13H21ClN2O/c1-4-5-17-13-8(2)6-10(11(16)7-15)9(3)12(13)14/h6,11H,4-5,7,15-16H2,1-3H3. The van der Waals surface area contributed by atoms with Crippen molar-refractivity contribution in [2.45, 2.75) is 33.2 Å². The Morgan fingerprint density at radius 3 is 2.59 bits per heavy atom. The van der Waals surface area contributed by atoms with E-state index < -0.39 is 0 Å². The zero-order valence-electron chi connectivity index (χ0n) is 10.7. The Morgan fingerprint density at radius 2 is 2.06 bits per heavy atom. The maximum atomic E-state index is 6.32. The minimum atomic E-state index is -0.175. The number of ether oxygens (including phenoxy) is 1. The Morgan fingerprint density at radius 1 is 1.41 bits per heavy atom. The van der Waals surface area contributed by atoms with Crippen molar-refractivity contribution in [3.05, 3.63) is 27.8 Å². The highest BCUT2D eigenvalue weighted by molar-refractivity contribution is 6.33. The molecule has 4 heteroatoms. The van der Waals surface area contributed by atoms with Gasteiger partial charge in [-0.05, 0) is 37.0 Å². The molecule has 3 nitrogen and oxygen atoms in total. The second-order valence-electron chi connectivity index (χ2n) is 4.24. The second kappa shape index (κ2) is 6.24. The van der Waals surface area contributed by atoms with Crippen LogP contribution in [0, 0.1) is 13.8 Å². The van der Waals surface area contributed by atoms with Gasteiger partial charge in [0.1, 0.15) is 5.75 Å². The molecule has 96 valence electrons. The van der Waals surface area contributed by atoms with Gasteiger partial charge in [-0.3, -0.25) is 0 Å². The van der Waals surface area contributed by atoms with Crippen molar-refractivity contribution >= 4 is 11.6 Å². The van der Waals surface area contributed by atoms with Crippen LogP contribution in [0.4, 0.5) is 0 Å². The first-order valence-electron chi connectivity index (χ1n) is 5.90. The molecule has 0 aliphatic carbocycles. The van der Waals surface area contributed by atoms with Crippen molar-refractivity contribution in [3.8, 4) is 5.75 Å². The van der Waals surface area contributed by atoms with Crippen LogP contribution in [0.2, 0.25) is 5.02 Å². The maximum Gasteiger partial charge on any atom is 0.141 e. The molecule has 0 amide bonds. The molecule has 4 N–H and O–H groups in total. The molecule has 0 aliphatic heterocycles. The summed E-state index contributed by atoms with van der Waals surface area (Å²) >= 11 is 6.32. The lowest BCUT2D eigenvalue weighted by Crippen LogP contribution is -2.22. The van der Waals surface area contributed by atoms with E-state index in [1.165, 1.54) is 0 Å². The smallest absolute Gasteiger partial charge is 0.141 e. The molecule has 0 saturated carbocycles. The van der Waals surface area contributed by atoms with Crippen LogP contribution < -0.4 is 16.2 Å². The van der Waals surface area contributed by atoms with Gasteiger partial charge in [0.2, 0.25) is 0 Å². The molecule has 0 bridgehead atoms. The minimum absolute atomic E-state index is 0.175. The molecule has 1 aromatic rings. The molecule has 0 aliphatic rings. The summed E-state index contributed by atoms with van der Waals surface area (Å²) in [6.45, 7) is 7.07. The molecule has 1 aromatic carbocycles. The third kappa shape index (κ3) is 3.12. The van der Waals surface area contributed by atoms with Crippen LogP contribution in [-0.2, 0) is 0 Å². The molecule has 17 heavy (non-hydrogen) atoms. The summed E-state index contributed by atoms with van der Waals surface area (Å²) in [5, 5.41) is 0.650. The lowest BCUT2D eigenvalue weighted by molar-refractivity contribution is 0.315. The van der Waals surface area contributed by atoms with Crippen molar-refractivity contribution in [1.82, 2.24) is 0 Å². The van der Waals surface area contributed by atoms with Crippen molar-refractivity contribution in [2.75, 3.05) is 13.2 Å². The van der Waals surface area contributed by atoms with Crippen molar-refractivity contribution < 1.29 is 4.74 Å². The van der Waals surface area contributed by atoms with E-state index in [4.69, 9.17) is 27.8 Å². The van der Waals surface area contributed by atoms with E-state index in [0.717, 1.165) is 28.9 Å². The normalized spacial score (nSPS) is 12.6. The summed E-state index contributed by atoms with van der Waals surface area (Å²) < 4.78 is 5.66. The molecule has 1 rings (SSSR count). The highest BCUT2D eigenvalue weighted by Crippen LogP contribution is 2.35. The number of benzene rings is 1. The summed E-state index contributed by atoms with van der Waals surface area (Å²) in [6.07, 6.45) is 0.957. The van der Waals surface area contributed by atoms with Crippen LogP contribution >= 0.6 is 11.6 Å². The summed E-state index contributed by atoms with van der Waals surface area (Å²) in [6, 6.07) is 1.84. The van der Waals surface area contributed by atoms with Crippen LogP contribution in [0.15, 0.2) is 6.07 Å². The quantitative estimate of drug-likeness (QED) is 0.852. The number of hydrogen-bond donors (Lipinski definition) is 2. The van der Waals surface area contributed by atoms with Crippen molar-refractivity contribution in [1.29, 1.82) is 0 Å². The lowest BCUT2D eigenvalue weighted by atomic mass is 9.98. The van der Waals surface area contributed by atoms with E-state index in [0.29, 0.717) is 18.2 Å². The number of aryl methyl sites for hydroxylation is 1. The van der Waals surface area contributed by atoms with E-state index in [1.807, 2.05) is 19.9 Å². The minimum Gasteiger partial charge on any atom is -0.492 e. The number of hydrogen-bond acceptors (Lipinski definition) is 3. The van der Waals surface area contributed by atoms with Crippen molar-refractivity contribution in [2.24, 2.45) is 11.5 Å². The van der Waals surface area contributed by atoms with Crippen molar-refractivity contribution in [3.63, 3.8) is 0 Å². The fourth-order valence-corrected chi connectivity index (χ4v) is 2.08. The number of rotatable bonds is 5. The van der Waals surface area contributed by atoms with Gasteiger partial charge in [-0.1, -0.05) is 24.6 Å². The first kappa shape index (κ1) is 14.3. The van der Waals surface area contributed by atoms with Gasteiger partial charge in [0.05, 0.1) is 11.6 Å². The van der Waals surface area contributed by atoms with Crippen LogP contribution in [0.25, 0.3) is 0 Å². The van der Waals surface area contributed by atoms with Gasteiger partial charge in [0.25, 0.3) is 0 Å². The fourth-order valence-electron chi connectivity index (χ4n) is 1.77. The molecular formula is C13H21ClN2O. The van der Waals surface area contributed by atoms with Crippen LogP contribution in [-0.4, -0.2) is 13.2 Å². The Balaban J connectivity index is 3.17. The van der Waals surface area contributed by atoms with E-state index in [9.17, 15) is 0 Å². The average Bonchev–Trinajstić information content (AvgIpc) is 2.32. The third-order valence-electron chi connectivity index (χ3n) is 2.80. The molecule has 0 heterocycles. The van der Waals surface area contributed by atoms with Gasteiger partial charge in [0, 0.05) is 12.6 Å². The number of halogens is 1. The van der Waals surface area contributed by atoms with Gasteiger partial charge in [-0.2, -0.15) is 0 Å². The molecule has 0 radical (unpaired) electrons. The van der Waals surface area contributed by atoms with E-state index in [1.54, 1.807) is 0 Å². The van der Waals surface area contributed by atoms with Crippen LogP contribution in [0.1, 0.15) is 36.1 Å². The molecule has 1 unspecified atom stereocenters. The second-order valence-corrected chi connectivity index (χ2v) is 4.62. The van der Waals surface area contributed by atoms with Gasteiger partial charge in [-0.25, -0.2) is 0 Å². The SMILES string of the molecule is CCCOc1c(C)cc(C(N)CN)c(C)c1Cl. The lowest BCUT2D eigenvalue weighted by Gasteiger charge is -2.18. The number of nitrogens with two attached hydrogens (primary N) is 2. The fraction of sp³-hybridized carbons (Fsp3) is 0.538. The van der Waals surface area contributed by atoms with Gasteiger partial charge >= 0.3 is 0 Å². The summed E-state index contributed by atoms with van der Waals surface area (Å²) in [5.41, 5.74) is 14.5. The largest absolute Gasteiger partial charge is 0.492 e. The Hall–Kier alpha value is -0.770. The van der Waals surface area contributed by atoms with Gasteiger partial charge in [0.15, 0.2) is 0 Å². The molecule has 0 saturated heterocycles. The first-order chi connectivity index (χ1) is 8.02. The molecule has 0 aromatic heterocycles. The molecule has 1 atom stereocenters. The summed E-state index contributed by atoms with van der Waals surface area (Å²) in [7, 11) is 0. The molecule has 0 fully saturated rings. The summed E-state index contributed by atoms with van der Waals surface area (Å²) in [4.78, 5) is 0. The maximum absolute atomic E-state index is 6.32. The average molecular weight is 257 g/mol. The van der Waals surface area contributed by atoms with E-state index >= 15 is 0 Å². The topological polar surface area (TPSA) is 61.3 Å². The zero-order valence-corrected chi connectivity index (χ0v) is 11.5.